The lowest BCUT2D eigenvalue weighted by molar-refractivity contribution is -0.144. The smallest absolute Gasteiger partial charge is 0.326 e. The molecule has 0 spiro atoms. The molecule has 1 rings (SSSR count). The Morgan fingerprint density at radius 3 is 2.47 bits per heavy atom. The fourth-order valence-corrected chi connectivity index (χ4v) is 1.52. The monoisotopic (exact) mass is 245 g/mol. The minimum absolute atomic E-state index is 0.149. The Labute approximate surface area is 97.3 Å². The van der Waals surface area contributed by atoms with E-state index < -0.39 is 42.2 Å². The predicted molar refractivity (Wildman–Crippen MR) is 55.7 cm³/mol. The number of carboxylic acids is 1. The number of carbonyl (C=O) groups excluding carboxylic acids is 2. The van der Waals surface area contributed by atoms with E-state index in [1.807, 2.05) is 0 Å². The second-order valence-electron chi connectivity index (χ2n) is 3.88. The van der Waals surface area contributed by atoms with Gasteiger partial charge in [-0.3, -0.25) is 9.59 Å². The van der Waals surface area contributed by atoms with E-state index in [9.17, 15) is 14.4 Å². The molecule has 1 fully saturated rings. The van der Waals surface area contributed by atoms with Crippen molar-refractivity contribution in [2.24, 2.45) is 17.4 Å². The van der Waals surface area contributed by atoms with Crippen LogP contribution >= 0.6 is 0 Å². The molecule has 1 saturated heterocycles. The summed E-state index contributed by atoms with van der Waals surface area (Å²) in [4.78, 5) is 33.1. The van der Waals surface area contributed by atoms with Crippen LogP contribution in [-0.4, -0.2) is 48.2 Å². The Kier molecular flexibility index (Phi) is 4.41. The van der Waals surface area contributed by atoms with Crippen LogP contribution in [0.1, 0.15) is 6.42 Å². The molecule has 2 unspecified atom stereocenters. The Balaban J connectivity index is 2.57. The highest BCUT2D eigenvalue weighted by Crippen LogP contribution is 2.12. The molecular formula is C9H15N3O5. The fraction of sp³-hybridized carbons (Fsp3) is 0.667. The van der Waals surface area contributed by atoms with Crippen molar-refractivity contribution in [1.82, 2.24) is 5.32 Å². The lowest BCUT2D eigenvalue weighted by Gasteiger charge is -2.17. The average molecular weight is 245 g/mol. The van der Waals surface area contributed by atoms with Crippen molar-refractivity contribution < 1.29 is 24.2 Å². The summed E-state index contributed by atoms with van der Waals surface area (Å²) in [5.74, 6) is -3.25. The van der Waals surface area contributed by atoms with Crippen molar-refractivity contribution in [2.45, 2.75) is 18.5 Å². The molecule has 8 nitrogen and oxygen atoms in total. The standard InChI is InChI=1S/C9H15N3O5/c10-5-3-17-2-4(5)8(14)12-6(9(15)16)1-7(11)13/h4-6H,1-3,10H2,(H2,11,13)(H,12,14)(H,15,16)/t4?,5?,6-/m1/s1. The number of amides is 2. The van der Waals surface area contributed by atoms with Crippen LogP contribution in [-0.2, 0) is 19.1 Å². The molecular weight excluding hydrogens is 230 g/mol. The fourth-order valence-electron chi connectivity index (χ4n) is 1.52. The Morgan fingerprint density at radius 1 is 1.41 bits per heavy atom. The number of hydrogen-bond donors (Lipinski definition) is 4. The van der Waals surface area contributed by atoms with Crippen LogP contribution in [0.3, 0.4) is 0 Å². The van der Waals surface area contributed by atoms with Gasteiger partial charge in [-0.15, -0.1) is 0 Å². The van der Waals surface area contributed by atoms with Crippen LogP contribution in [0.4, 0.5) is 0 Å². The maximum Gasteiger partial charge on any atom is 0.326 e. The van der Waals surface area contributed by atoms with Gasteiger partial charge in [-0.1, -0.05) is 0 Å². The third-order valence-corrected chi connectivity index (χ3v) is 2.48. The predicted octanol–water partition coefficient (Wildman–Crippen LogP) is -2.60. The number of carbonyl (C=O) groups is 3. The summed E-state index contributed by atoms with van der Waals surface area (Å²) in [6, 6.07) is -1.79. The lowest BCUT2D eigenvalue weighted by atomic mass is 10.0. The van der Waals surface area contributed by atoms with Crippen LogP contribution in [0.5, 0.6) is 0 Å². The van der Waals surface area contributed by atoms with Gasteiger partial charge >= 0.3 is 5.97 Å². The number of primary amides is 1. The molecule has 0 aromatic rings. The van der Waals surface area contributed by atoms with Crippen molar-refractivity contribution >= 4 is 17.8 Å². The number of carboxylic acid groups (broad SMARTS) is 1. The molecule has 0 aromatic carbocycles. The van der Waals surface area contributed by atoms with Gasteiger partial charge in [0.05, 0.1) is 25.6 Å². The minimum atomic E-state index is -1.33. The molecule has 0 aromatic heterocycles. The first-order valence-electron chi connectivity index (χ1n) is 5.06. The highest BCUT2D eigenvalue weighted by molar-refractivity contribution is 5.89. The van der Waals surface area contributed by atoms with Crippen LogP contribution in [0.2, 0.25) is 0 Å². The summed E-state index contributed by atoms with van der Waals surface area (Å²) in [5.41, 5.74) is 10.5. The van der Waals surface area contributed by atoms with E-state index in [-0.39, 0.29) is 13.2 Å². The first-order chi connectivity index (χ1) is 7.91. The minimum Gasteiger partial charge on any atom is -0.480 e. The van der Waals surface area contributed by atoms with Crippen molar-refractivity contribution in [3.8, 4) is 0 Å². The quantitative estimate of drug-likeness (QED) is 0.418. The van der Waals surface area contributed by atoms with Crippen LogP contribution < -0.4 is 16.8 Å². The van der Waals surface area contributed by atoms with Gasteiger partial charge in [0.2, 0.25) is 11.8 Å². The molecule has 0 aliphatic carbocycles. The Hall–Kier alpha value is -1.67. The number of aliphatic carboxylic acids is 1. The zero-order valence-electron chi connectivity index (χ0n) is 9.09. The van der Waals surface area contributed by atoms with E-state index in [0.717, 1.165) is 0 Å². The first kappa shape index (κ1) is 13.4. The van der Waals surface area contributed by atoms with E-state index in [1.165, 1.54) is 0 Å². The molecule has 0 saturated carbocycles. The highest BCUT2D eigenvalue weighted by Gasteiger charge is 2.33. The molecule has 3 atom stereocenters. The molecule has 1 heterocycles. The van der Waals surface area contributed by atoms with E-state index in [0.29, 0.717) is 0 Å². The zero-order chi connectivity index (χ0) is 13.0. The Bertz CT molecular complexity index is 333. The summed E-state index contributed by atoms with van der Waals surface area (Å²) in [7, 11) is 0. The SMILES string of the molecule is NC(=O)C[C@@H](NC(=O)C1COCC1N)C(=O)O. The van der Waals surface area contributed by atoms with Gasteiger partial charge in [-0.05, 0) is 0 Å². The topological polar surface area (TPSA) is 145 Å². The number of hydrogen-bond acceptors (Lipinski definition) is 5. The molecule has 17 heavy (non-hydrogen) atoms. The van der Waals surface area contributed by atoms with Gasteiger partial charge in [0.25, 0.3) is 0 Å². The summed E-state index contributed by atoms with van der Waals surface area (Å²) in [5, 5.41) is 11.0. The number of rotatable bonds is 5. The second kappa shape index (κ2) is 5.60. The van der Waals surface area contributed by atoms with Crippen molar-refractivity contribution in [2.75, 3.05) is 13.2 Å². The van der Waals surface area contributed by atoms with E-state index in [4.69, 9.17) is 21.3 Å². The molecule has 8 heteroatoms. The summed E-state index contributed by atoms with van der Waals surface area (Å²) < 4.78 is 4.99. The largest absolute Gasteiger partial charge is 0.480 e. The van der Waals surface area contributed by atoms with Crippen molar-refractivity contribution in [1.29, 1.82) is 0 Å². The lowest BCUT2D eigenvalue weighted by Crippen LogP contribution is -2.49. The van der Waals surface area contributed by atoms with Crippen LogP contribution in [0, 0.1) is 5.92 Å². The van der Waals surface area contributed by atoms with Crippen LogP contribution in [0.15, 0.2) is 0 Å². The summed E-state index contributed by atoms with van der Waals surface area (Å²) >= 11 is 0. The van der Waals surface area contributed by atoms with Gasteiger partial charge in [0.1, 0.15) is 6.04 Å². The van der Waals surface area contributed by atoms with E-state index in [1.54, 1.807) is 0 Å². The third kappa shape index (κ3) is 3.68. The number of nitrogens with two attached hydrogens (primary N) is 2. The second-order valence-corrected chi connectivity index (χ2v) is 3.88. The van der Waals surface area contributed by atoms with Gasteiger partial charge in [-0.25, -0.2) is 4.79 Å². The normalized spacial score (nSPS) is 25.2. The summed E-state index contributed by atoms with van der Waals surface area (Å²) in [6.45, 7) is 0.404. The maximum atomic E-state index is 11.7. The van der Waals surface area contributed by atoms with Gasteiger partial charge < -0.3 is 26.6 Å². The van der Waals surface area contributed by atoms with Crippen molar-refractivity contribution in [3.63, 3.8) is 0 Å². The van der Waals surface area contributed by atoms with Crippen LogP contribution in [0.25, 0.3) is 0 Å². The molecule has 0 radical (unpaired) electrons. The number of ether oxygens (including phenoxy) is 1. The molecule has 0 bridgehead atoms. The molecule has 1 aliphatic rings. The van der Waals surface area contributed by atoms with E-state index in [2.05, 4.69) is 5.32 Å². The molecule has 96 valence electrons. The Morgan fingerprint density at radius 2 is 2.06 bits per heavy atom. The average Bonchev–Trinajstić information content (AvgIpc) is 2.62. The van der Waals surface area contributed by atoms with E-state index >= 15 is 0 Å². The maximum absolute atomic E-state index is 11.7. The number of nitrogens with one attached hydrogen (secondary N) is 1. The zero-order valence-corrected chi connectivity index (χ0v) is 9.09. The molecule has 2 amide bonds. The highest BCUT2D eigenvalue weighted by atomic mass is 16.5. The first-order valence-corrected chi connectivity index (χ1v) is 5.06. The third-order valence-electron chi connectivity index (χ3n) is 2.48. The van der Waals surface area contributed by atoms with Gasteiger partial charge in [0, 0.05) is 6.04 Å². The van der Waals surface area contributed by atoms with Gasteiger partial charge in [0.15, 0.2) is 0 Å². The molecule has 6 N–H and O–H groups in total. The summed E-state index contributed by atoms with van der Waals surface area (Å²) in [6.07, 6.45) is -0.454. The molecule has 1 aliphatic heterocycles. The van der Waals surface area contributed by atoms with Gasteiger partial charge in [-0.2, -0.15) is 0 Å². The van der Waals surface area contributed by atoms with Crippen molar-refractivity contribution in [3.05, 3.63) is 0 Å².